The van der Waals surface area contributed by atoms with Gasteiger partial charge in [-0.2, -0.15) is 0 Å². The lowest BCUT2D eigenvalue weighted by atomic mass is 10.3. The average molecular weight is 317 g/mol. The van der Waals surface area contributed by atoms with Gasteiger partial charge in [0.15, 0.2) is 0 Å². The predicted octanol–water partition coefficient (Wildman–Crippen LogP) is 3.48. The largest absolute Gasteiger partial charge is 0.347 e. The SMILES string of the molecule is CN(Cc1csc(-c2cccs2)n1)C(=O)c1cccn1C. The van der Waals surface area contributed by atoms with Crippen molar-refractivity contribution in [3.63, 3.8) is 0 Å². The zero-order valence-electron chi connectivity index (χ0n) is 11.8. The number of aromatic nitrogens is 2. The lowest BCUT2D eigenvalue weighted by Crippen LogP contribution is -2.27. The van der Waals surface area contributed by atoms with Crippen LogP contribution in [0.5, 0.6) is 0 Å². The number of carbonyl (C=O) groups is 1. The molecule has 0 radical (unpaired) electrons. The van der Waals surface area contributed by atoms with E-state index in [0.29, 0.717) is 12.2 Å². The number of amides is 1. The average Bonchev–Trinajstić information content (AvgIpc) is 3.17. The van der Waals surface area contributed by atoms with E-state index in [9.17, 15) is 4.79 Å². The number of carbonyl (C=O) groups excluding carboxylic acids is 1. The number of rotatable bonds is 4. The molecule has 3 rings (SSSR count). The van der Waals surface area contributed by atoms with Gasteiger partial charge in [0.2, 0.25) is 0 Å². The molecule has 0 aromatic carbocycles. The number of hydrogen-bond acceptors (Lipinski definition) is 4. The van der Waals surface area contributed by atoms with Crippen molar-refractivity contribution in [2.24, 2.45) is 7.05 Å². The van der Waals surface area contributed by atoms with Crippen molar-refractivity contribution in [3.8, 4) is 9.88 Å². The van der Waals surface area contributed by atoms with Gasteiger partial charge in [-0.15, -0.1) is 22.7 Å². The van der Waals surface area contributed by atoms with Crippen LogP contribution in [0, 0.1) is 0 Å². The molecule has 4 nitrogen and oxygen atoms in total. The molecule has 0 aliphatic heterocycles. The zero-order valence-corrected chi connectivity index (χ0v) is 13.4. The van der Waals surface area contributed by atoms with Crippen LogP contribution >= 0.6 is 22.7 Å². The predicted molar refractivity (Wildman–Crippen MR) is 86.6 cm³/mol. The second kappa shape index (κ2) is 5.83. The van der Waals surface area contributed by atoms with E-state index in [0.717, 1.165) is 10.7 Å². The first-order chi connectivity index (χ1) is 10.1. The molecular weight excluding hydrogens is 302 g/mol. The van der Waals surface area contributed by atoms with Gasteiger partial charge in [-0.1, -0.05) is 6.07 Å². The Morgan fingerprint density at radius 3 is 2.86 bits per heavy atom. The fourth-order valence-corrected chi connectivity index (χ4v) is 3.71. The summed E-state index contributed by atoms with van der Waals surface area (Å²) < 4.78 is 1.83. The van der Waals surface area contributed by atoms with Gasteiger partial charge in [0, 0.05) is 25.7 Å². The van der Waals surface area contributed by atoms with Gasteiger partial charge in [-0.25, -0.2) is 4.98 Å². The molecule has 3 aromatic rings. The van der Waals surface area contributed by atoms with Crippen LogP contribution in [-0.4, -0.2) is 27.4 Å². The number of nitrogens with zero attached hydrogens (tertiary/aromatic N) is 3. The third kappa shape index (κ3) is 2.91. The fraction of sp³-hybridized carbons (Fsp3) is 0.200. The van der Waals surface area contributed by atoms with E-state index in [2.05, 4.69) is 11.1 Å². The summed E-state index contributed by atoms with van der Waals surface area (Å²) in [6.07, 6.45) is 1.87. The van der Waals surface area contributed by atoms with E-state index < -0.39 is 0 Å². The third-order valence-electron chi connectivity index (χ3n) is 3.19. The molecule has 0 bridgehead atoms. The van der Waals surface area contributed by atoms with Gasteiger partial charge in [-0.05, 0) is 23.6 Å². The second-order valence-corrected chi connectivity index (χ2v) is 6.59. The molecule has 0 aliphatic carbocycles. The maximum absolute atomic E-state index is 12.3. The van der Waals surface area contributed by atoms with E-state index in [1.165, 1.54) is 4.88 Å². The Balaban J connectivity index is 1.72. The van der Waals surface area contributed by atoms with E-state index in [1.807, 2.05) is 46.8 Å². The standard InChI is InChI=1S/C15H15N3OS2/c1-17-7-3-5-12(17)15(19)18(2)9-11-10-21-14(16-11)13-6-4-8-20-13/h3-8,10H,9H2,1-2H3. The van der Waals surface area contributed by atoms with Crippen LogP contribution < -0.4 is 0 Å². The van der Waals surface area contributed by atoms with E-state index in [-0.39, 0.29) is 5.91 Å². The highest BCUT2D eigenvalue weighted by molar-refractivity contribution is 7.20. The molecule has 0 spiro atoms. The van der Waals surface area contributed by atoms with Crippen molar-refractivity contribution in [1.29, 1.82) is 0 Å². The summed E-state index contributed by atoms with van der Waals surface area (Å²) in [5.41, 5.74) is 1.61. The molecular formula is C15H15N3OS2. The van der Waals surface area contributed by atoms with Crippen molar-refractivity contribution in [1.82, 2.24) is 14.5 Å². The van der Waals surface area contributed by atoms with Gasteiger partial charge in [0.1, 0.15) is 10.7 Å². The van der Waals surface area contributed by atoms with Crippen molar-refractivity contribution < 1.29 is 4.79 Å². The minimum Gasteiger partial charge on any atom is -0.347 e. The third-order valence-corrected chi connectivity index (χ3v) is 5.12. The summed E-state index contributed by atoms with van der Waals surface area (Å²) in [5.74, 6) is 0.00757. The van der Waals surface area contributed by atoms with E-state index in [1.54, 1.807) is 34.6 Å². The number of thiazole rings is 1. The van der Waals surface area contributed by atoms with Crippen LogP contribution in [0.4, 0.5) is 0 Å². The molecule has 0 saturated carbocycles. The minimum atomic E-state index is 0.00757. The van der Waals surface area contributed by atoms with Crippen molar-refractivity contribution in [2.45, 2.75) is 6.54 Å². The topological polar surface area (TPSA) is 38.1 Å². The monoisotopic (exact) mass is 317 g/mol. The first kappa shape index (κ1) is 14.0. The molecule has 0 aliphatic rings. The van der Waals surface area contributed by atoms with Crippen LogP contribution in [0.1, 0.15) is 16.2 Å². The molecule has 0 fully saturated rings. The summed E-state index contributed by atoms with van der Waals surface area (Å²) in [5, 5.41) is 5.07. The number of hydrogen-bond donors (Lipinski definition) is 0. The second-order valence-electron chi connectivity index (χ2n) is 4.79. The van der Waals surface area contributed by atoms with Gasteiger partial charge in [0.25, 0.3) is 5.91 Å². The van der Waals surface area contributed by atoms with Gasteiger partial charge in [-0.3, -0.25) is 4.79 Å². The van der Waals surface area contributed by atoms with Crippen molar-refractivity contribution >= 4 is 28.6 Å². The van der Waals surface area contributed by atoms with Crippen LogP contribution in [0.15, 0.2) is 41.2 Å². The van der Waals surface area contributed by atoms with Crippen LogP contribution in [0.2, 0.25) is 0 Å². The molecule has 21 heavy (non-hydrogen) atoms. The van der Waals surface area contributed by atoms with Crippen LogP contribution in [0.3, 0.4) is 0 Å². The summed E-state index contributed by atoms with van der Waals surface area (Å²) >= 11 is 3.30. The maximum Gasteiger partial charge on any atom is 0.270 e. The minimum absolute atomic E-state index is 0.00757. The normalized spacial score (nSPS) is 10.8. The molecule has 108 valence electrons. The molecule has 0 N–H and O–H groups in total. The summed E-state index contributed by atoms with van der Waals surface area (Å²) in [6.45, 7) is 0.520. The maximum atomic E-state index is 12.3. The Labute approximate surface area is 131 Å². The summed E-state index contributed by atoms with van der Waals surface area (Å²) in [6, 6.07) is 7.79. The smallest absolute Gasteiger partial charge is 0.270 e. The zero-order chi connectivity index (χ0) is 14.8. The lowest BCUT2D eigenvalue weighted by Gasteiger charge is -2.16. The quantitative estimate of drug-likeness (QED) is 0.739. The van der Waals surface area contributed by atoms with Gasteiger partial charge < -0.3 is 9.47 Å². The van der Waals surface area contributed by atoms with Crippen molar-refractivity contribution in [2.75, 3.05) is 7.05 Å². The Hall–Kier alpha value is -1.92. The van der Waals surface area contributed by atoms with E-state index >= 15 is 0 Å². The Morgan fingerprint density at radius 2 is 2.19 bits per heavy atom. The number of aryl methyl sites for hydroxylation is 1. The first-order valence-corrected chi connectivity index (χ1v) is 8.26. The van der Waals surface area contributed by atoms with Gasteiger partial charge in [0.05, 0.1) is 17.1 Å². The molecule has 0 unspecified atom stereocenters. The highest BCUT2D eigenvalue weighted by Gasteiger charge is 2.16. The molecule has 6 heteroatoms. The Kier molecular flexibility index (Phi) is 3.90. The highest BCUT2D eigenvalue weighted by atomic mass is 32.1. The summed E-state index contributed by atoms with van der Waals surface area (Å²) in [7, 11) is 3.68. The Morgan fingerprint density at radius 1 is 1.33 bits per heavy atom. The Bertz CT molecular complexity index is 743. The highest BCUT2D eigenvalue weighted by Crippen LogP contribution is 2.28. The summed E-state index contributed by atoms with van der Waals surface area (Å²) in [4.78, 5) is 19.8. The molecule has 3 aromatic heterocycles. The first-order valence-electron chi connectivity index (χ1n) is 6.50. The van der Waals surface area contributed by atoms with E-state index in [4.69, 9.17) is 0 Å². The molecule has 0 atom stereocenters. The molecule has 1 amide bonds. The lowest BCUT2D eigenvalue weighted by molar-refractivity contribution is 0.0774. The molecule has 0 saturated heterocycles. The fourth-order valence-electron chi connectivity index (χ4n) is 2.09. The number of thiophene rings is 1. The van der Waals surface area contributed by atoms with Gasteiger partial charge >= 0.3 is 0 Å². The molecule has 3 heterocycles. The van der Waals surface area contributed by atoms with Crippen LogP contribution in [0.25, 0.3) is 9.88 Å². The van der Waals surface area contributed by atoms with Crippen LogP contribution in [-0.2, 0) is 13.6 Å². The van der Waals surface area contributed by atoms with Crippen molar-refractivity contribution in [3.05, 3.63) is 52.6 Å².